The van der Waals surface area contributed by atoms with Gasteiger partial charge < -0.3 is 15.0 Å². The zero-order chi connectivity index (χ0) is 18.1. The number of nitrogens with one attached hydrogen (secondary N) is 1. The fourth-order valence-electron chi connectivity index (χ4n) is 3.02. The summed E-state index contributed by atoms with van der Waals surface area (Å²) in [5.41, 5.74) is 1.19. The quantitative estimate of drug-likeness (QED) is 0.737. The third kappa shape index (κ3) is 6.39. The van der Waals surface area contributed by atoms with Crippen molar-refractivity contribution < 1.29 is 9.53 Å². The Balaban J connectivity index is 1.73. The molecule has 5 heteroatoms. The molecule has 1 N–H and O–H groups in total. The Morgan fingerprint density at radius 3 is 2.84 bits per heavy atom. The third-order valence-electron chi connectivity index (χ3n) is 4.50. The minimum Gasteiger partial charge on any atom is -0.494 e. The van der Waals surface area contributed by atoms with Crippen LogP contribution in [0.4, 0.5) is 0 Å². The maximum Gasteiger partial charge on any atom is 0.225 e. The van der Waals surface area contributed by atoms with E-state index in [-0.39, 0.29) is 11.8 Å². The smallest absolute Gasteiger partial charge is 0.225 e. The van der Waals surface area contributed by atoms with E-state index in [9.17, 15) is 4.79 Å². The van der Waals surface area contributed by atoms with Gasteiger partial charge in [-0.25, -0.2) is 0 Å². The fourth-order valence-corrected chi connectivity index (χ4v) is 3.02. The van der Waals surface area contributed by atoms with E-state index < -0.39 is 0 Å². The SMILES string of the molecule is CC(C)C(=O)N1CCC(NCc2cccc(OCCCC#N)c2)CC1. The summed E-state index contributed by atoms with van der Waals surface area (Å²) < 4.78 is 5.68. The van der Waals surface area contributed by atoms with E-state index in [1.807, 2.05) is 30.9 Å². The second kappa shape index (κ2) is 10.0. The molecule has 1 aliphatic heterocycles. The van der Waals surface area contributed by atoms with Gasteiger partial charge in [-0.1, -0.05) is 26.0 Å². The number of ether oxygens (including phenoxy) is 1. The molecule has 0 atom stereocenters. The molecule has 0 unspecified atom stereocenters. The van der Waals surface area contributed by atoms with Crippen LogP contribution in [0.25, 0.3) is 0 Å². The summed E-state index contributed by atoms with van der Waals surface area (Å²) >= 11 is 0. The minimum absolute atomic E-state index is 0.0837. The van der Waals surface area contributed by atoms with Crippen LogP contribution in [0.3, 0.4) is 0 Å². The van der Waals surface area contributed by atoms with Crippen molar-refractivity contribution in [3.63, 3.8) is 0 Å². The molecule has 1 aromatic carbocycles. The van der Waals surface area contributed by atoms with Crippen LogP contribution in [-0.2, 0) is 11.3 Å². The van der Waals surface area contributed by atoms with Gasteiger partial charge in [0.15, 0.2) is 0 Å². The monoisotopic (exact) mass is 343 g/mol. The predicted octanol–water partition coefficient (Wildman–Crippen LogP) is 3.11. The molecule has 25 heavy (non-hydrogen) atoms. The molecule has 1 fully saturated rings. The van der Waals surface area contributed by atoms with Crippen LogP contribution in [0, 0.1) is 17.2 Å². The number of nitrogens with zero attached hydrogens (tertiary/aromatic N) is 2. The number of piperidine rings is 1. The predicted molar refractivity (Wildman–Crippen MR) is 98.1 cm³/mol. The van der Waals surface area contributed by atoms with Crippen LogP contribution in [0.2, 0.25) is 0 Å². The lowest BCUT2D eigenvalue weighted by Crippen LogP contribution is -2.45. The summed E-state index contributed by atoms with van der Waals surface area (Å²) in [7, 11) is 0. The van der Waals surface area contributed by atoms with Crippen LogP contribution in [0.1, 0.15) is 45.1 Å². The molecule has 1 aliphatic rings. The minimum atomic E-state index is 0.0837. The van der Waals surface area contributed by atoms with Crippen molar-refractivity contribution in [2.75, 3.05) is 19.7 Å². The summed E-state index contributed by atoms with van der Waals surface area (Å²) in [4.78, 5) is 14.0. The van der Waals surface area contributed by atoms with Gasteiger partial charge in [-0.05, 0) is 37.0 Å². The summed E-state index contributed by atoms with van der Waals surface area (Å²) in [5.74, 6) is 1.20. The molecule has 0 spiro atoms. The number of likely N-dealkylation sites (tertiary alicyclic amines) is 1. The lowest BCUT2D eigenvalue weighted by atomic mass is 10.0. The average Bonchev–Trinajstić information content (AvgIpc) is 2.64. The van der Waals surface area contributed by atoms with Gasteiger partial charge in [-0.15, -0.1) is 0 Å². The van der Waals surface area contributed by atoms with Crippen molar-refractivity contribution >= 4 is 5.91 Å². The van der Waals surface area contributed by atoms with Crippen molar-refractivity contribution in [1.82, 2.24) is 10.2 Å². The number of carbonyl (C=O) groups excluding carboxylic acids is 1. The van der Waals surface area contributed by atoms with E-state index in [0.717, 1.165) is 44.6 Å². The van der Waals surface area contributed by atoms with E-state index in [1.54, 1.807) is 0 Å². The number of unbranched alkanes of at least 4 members (excludes halogenated alkanes) is 1. The Bertz CT molecular complexity index is 587. The standard InChI is InChI=1S/C20H29N3O2/c1-16(2)20(24)23-11-8-18(9-12-23)22-15-17-6-5-7-19(14-17)25-13-4-3-10-21/h5-7,14,16,18,22H,3-4,8-9,11-13,15H2,1-2H3. The van der Waals surface area contributed by atoms with Crippen molar-refractivity contribution in [2.24, 2.45) is 5.92 Å². The highest BCUT2D eigenvalue weighted by Crippen LogP contribution is 2.16. The van der Waals surface area contributed by atoms with Gasteiger partial charge in [0.2, 0.25) is 5.91 Å². The van der Waals surface area contributed by atoms with Crippen LogP contribution in [-0.4, -0.2) is 36.5 Å². The van der Waals surface area contributed by atoms with E-state index >= 15 is 0 Å². The fraction of sp³-hybridized carbons (Fsp3) is 0.600. The van der Waals surface area contributed by atoms with Gasteiger partial charge in [0, 0.05) is 38.0 Å². The first-order valence-electron chi connectivity index (χ1n) is 9.21. The lowest BCUT2D eigenvalue weighted by Gasteiger charge is -2.33. The highest BCUT2D eigenvalue weighted by molar-refractivity contribution is 5.78. The lowest BCUT2D eigenvalue weighted by molar-refractivity contribution is -0.135. The number of rotatable bonds is 8. The molecule has 0 radical (unpaired) electrons. The molecule has 1 amide bonds. The molecule has 0 saturated carbocycles. The summed E-state index contributed by atoms with van der Waals surface area (Å²) in [6, 6.07) is 10.7. The highest BCUT2D eigenvalue weighted by atomic mass is 16.5. The first kappa shape index (κ1) is 19.3. The van der Waals surface area contributed by atoms with Crippen molar-refractivity contribution in [1.29, 1.82) is 5.26 Å². The normalized spacial score (nSPS) is 15.2. The molecular weight excluding hydrogens is 314 g/mol. The second-order valence-electron chi connectivity index (χ2n) is 6.89. The highest BCUT2D eigenvalue weighted by Gasteiger charge is 2.23. The summed E-state index contributed by atoms with van der Waals surface area (Å²) in [5, 5.41) is 12.1. The van der Waals surface area contributed by atoms with E-state index in [1.165, 1.54) is 5.56 Å². The van der Waals surface area contributed by atoms with Gasteiger partial charge >= 0.3 is 0 Å². The van der Waals surface area contributed by atoms with Crippen molar-refractivity contribution in [2.45, 2.75) is 52.1 Å². The molecule has 0 bridgehead atoms. The molecule has 1 aromatic rings. The van der Waals surface area contributed by atoms with Crippen molar-refractivity contribution in [3.05, 3.63) is 29.8 Å². The first-order valence-corrected chi connectivity index (χ1v) is 9.21. The van der Waals surface area contributed by atoms with Crippen LogP contribution >= 0.6 is 0 Å². The summed E-state index contributed by atoms with van der Waals surface area (Å²) in [6.45, 7) is 6.99. The Labute approximate surface area is 151 Å². The van der Waals surface area contributed by atoms with Gasteiger partial charge in [-0.3, -0.25) is 4.79 Å². The van der Waals surface area contributed by atoms with Crippen LogP contribution in [0.15, 0.2) is 24.3 Å². The molecule has 136 valence electrons. The first-order chi connectivity index (χ1) is 12.1. The Hall–Kier alpha value is -2.06. The van der Waals surface area contributed by atoms with Crippen LogP contribution in [0.5, 0.6) is 5.75 Å². The Morgan fingerprint density at radius 2 is 2.16 bits per heavy atom. The maximum atomic E-state index is 12.0. The average molecular weight is 343 g/mol. The molecule has 1 heterocycles. The summed E-state index contributed by atoms with van der Waals surface area (Å²) in [6.07, 6.45) is 3.29. The number of amides is 1. The third-order valence-corrected chi connectivity index (χ3v) is 4.50. The molecule has 5 nitrogen and oxygen atoms in total. The molecule has 1 saturated heterocycles. The number of hydrogen-bond donors (Lipinski definition) is 1. The molecule has 2 rings (SSSR count). The van der Waals surface area contributed by atoms with Gasteiger partial charge in [0.25, 0.3) is 0 Å². The zero-order valence-electron chi connectivity index (χ0n) is 15.3. The van der Waals surface area contributed by atoms with Crippen LogP contribution < -0.4 is 10.1 Å². The number of nitriles is 1. The van der Waals surface area contributed by atoms with E-state index in [0.29, 0.717) is 19.1 Å². The van der Waals surface area contributed by atoms with Crippen molar-refractivity contribution in [3.8, 4) is 11.8 Å². The zero-order valence-corrected chi connectivity index (χ0v) is 15.3. The number of carbonyl (C=O) groups is 1. The topological polar surface area (TPSA) is 65.4 Å². The van der Waals surface area contributed by atoms with Gasteiger partial charge in [-0.2, -0.15) is 5.26 Å². The molecular formula is C20H29N3O2. The van der Waals surface area contributed by atoms with Gasteiger partial charge in [0.05, 0.1) is 12.7 Å². The maximum absolute atomic E-state index is 12.0. The van der Waals surface area contributed by atoms with E-state index in [2.05, 4.69) is 23.5 Å². The van der Waals surface area contributed by atoms with E-state index in [4.69, 9.17) is 10.00 Å². The Morgan fingerprint density at radius 1 is 1.40 bits per heavy atom. The number of hydrogen-bond acceptors (Lipinski definition) is 4. The molecule has 0 aliphatic carbocycles. The second-order valence-corrected chi connectivity index (χ2v) is 6.89. The Kier molecular flexibility index (Phi) is 7.75. The molecule has 0 aromatic heterocycles. The van der Waals surface area contributed by atoms with Gasteiger partial charge in [0.1, 0.15) is 5.75 Å². The number of benzene rings is 1. The largest absolute Gasteiger partial charge is 0.494 e.